The van der Waals surface area contributed by atoms with Gasteiger partial charge in [0.05, 0.1) is 18.7 Å². The van der Waals surface area contributed by atoms with Crippen molar-refractivity contribution in [2.75, 3.05) is 18.5 Å². The Hall–Kier alpha value is -3.58. The number of aliphatic hydroxyl groups excluding tert-OH is 1. The third-order valence-electron chi connectivity index (χ3n) is 7.82. The van der Waals surface area contributed by atoms with Gasteiger partial charge >= 0.3 is 0 Å². The number of hydrogen-bond donors (Lipinski definition) is 2. The molecule has 4 rings (SSSR count). The fraction of sp³-hybridized carbons (Fsp3) is 0.548. The number of halogens is 2. The summed E-state index contributed by atoms with van der Waals surface area (Å²) in [7, 11) is 1.89. The van der Waals surface area contributed by atoms with Crippen LogP contribution in [0.25, 0.3) is 0 Å². The van der Waals surface area contributed by atoms with Crippen molar-refractivity contribution in [3.8, 4) is 6.19 Å². The van der Waals surface area contributed by atoms with Gasteiger partial charge in [-0.1, -0.05) is 32.9 Å². The highest BCUT2D eigenvalue weighted by molar-refractivity contribution is 5.87. The zero-order valence-corrected chi connectivity index (χ0v) is 24.5. The summed E-state index contributed by atoms with van der Waals surface area (Å²) in [6, 6.07) is 8.86. The number of alkyl halides is 2. The molecule has 222 valence electrons. The number of pyridine rings is 1. The third kappa shape index (κ3) is 8.46. The highest BCUT2D eigenvalue weighted by Crippen LogP contribution is 2.34. The monoisotopic (exact) mass is 569 g/mol. The summed E-state index contributed by atoms with van der Waals surface area (Å²) >= 11 is 0. The fourth-order valence-corrected chi connectivity index (χ4v) is 5.19. The molecule has 1 aliphatic carbocycles. The Bertz CT molecular complexity index is 1220. The van der Waals surface area contributed by atoms with Crippen LogP contribution in [0.1, 0.15) is 75.6 Å². The highest BCUT2D eigenvalue weighted by Gasteiger charge is 2.37. The van der Waals surface area contributed by atoms with Crippen molar-refractivity contribution in [2.45, 2.75) is 95.4 Å². The van der Waals surface area contributed by atoms with Crippen molar-refractivity contribution in [1.29, 1.82) is 5.26 Å². The van der Waals surface area contributed by atoms with E-state index >= 15 is 0 Å². The molecule has 3 atom stereocenters. The van der Waals surface area contributed by atoms with Gasteiger partial charge in [-0.05, 0) is 54.5 Å². The molecule has 2 fully saturated rings. The number of amides is 1. The number of aromatic nitrogens is 1. The van der Waals surface area contributed by atoms with Gasteiger partial charge in [0, 0.05) is 56.0 Å². The molecule has 3 unspecified atom stereocenters. The number of benzene rings is 1. The summed E-state index contributed by atoms with van der Waals surface area (Å²) in [5, 5.41) is 20.4. The number of nitrogens with one attached hydrogen (secondary N) is 1. The summed E-state index contributed by atoms with van der Waals surface area (Å²) in [6.07, 6.45) is 6.04. The first-order chi connectivity index (χ1) is 19.3. The van der Waals surface area contributed by atoms with Crippen LogP contribution < -0.4 is 10.2 Å². The predicted molar refractivity (Wildman–Crippen MR) is 153 cm³/mol. The first-order valence-corrected chi connectivity index (χ1v) is 14.0. The van der Waals surface area contributed by atoms with E-state index in [1.807, 2.05) is 43.3 Å². The van der Waals surface area contributed by atoms with E-state index in [2.05, 4.69) is 43.2 Å². The van der Waals surface area contributed by atoms with Crippen LogP contribution in [0.2, 0.25) is 0 Å². The lowest BCUT2D eigenvalue weighted by Crippen LogP contribution is -2.46. The first kappa shape index (κ1) is 31.9. The Morgan fingerprint density at radius 2 is 1.88 bits per heavy atom. The maximum atomic E-state index is 13.5. The lowest BCUT2D eigenvalue weighted by molar-refractivity contribution is -0.124. The molecule has 2 heterocycles. The smallest absolute Gasteiger partial charge is 0.248 e. The van der Waals surface area contributed by atoms with Crippen molar-refractivity contribution in [1.82, 2.24) is 15.2 Å². The van der Waals surface area contributed by atoms with E-state index in [1.165, 1.54) is 10.5 Å². The number of likely N-dealkylation sites (N-methyl/N-ethyl adjacent to an activating group) is 1. The Kier molecular flexibility index (Phi) is 10.4. The molecule has 0 bridgehead atoms. The van der Waals surface area contributed by atoms with Gasteiger partial charge in [-0.25, -0.2) is 8.78 Å². The van der Waals surface area contributed by atoms with Crippen molar-refractivity contribution in [3.05, 3.63) is 59.4 Å². The van der Waals surface area contributed by atoms with Crippen LogP contribution in [-0.4, -0.2) is 64.9 Å². The number of aryl methyl sites for hydroxylation is 1. The minimum absolute atomic E-state index is 0.0386. The van der Waals surface area contributed by atoms with Crippen LogP contribution in [0.4, 0.5) is 14.5 Å². The van der Waals surface area contributed by atoms with Gasteiger partial charge in [0.1, 0.15) is 12.3 Å². The van der Waals surface area contributed by atoms with Crippen LogP contribution >= 0.6 is 0 Å². The van der Waals surface area contributed by atoms with E-state index in [-0.39, 0.29) is 30.2 Å². The second-order valence-corrected chi connectivity index (χ2v) is 12.0. The van der Waals surface area contributed by atoms with Gasteiger partial charge in [-0.3, -0.25) is 14.7 Å². The van der Waals surface area contributed by atoms with Crippen LogP contribution in [0, 0.1) is 18.4 Å². The summed E-state index contributed by atoms with van der Waals surface area (Å²) in [5.41, 5.74) is 3.93. The van der Waals surface area contributed by atoms with Crippen molar-refractivity contribution in [2.24, 2.45) is 0 Å². The molecular formula is C31H41F2N5O3. The topological polar surface area (TPSA) is 110 Å². The molecule has 1 aromatic heterocycles. The van der Waals surface area contributed by atoms with Crippen LogP contribution in [0.5, 0.6) is 0 Å². The van der Waals surface area contributed by atoms with E-state index < -0.39 is 24.1 Å². The number of nitrogens with zero attached hydrogens (tertiary/aromatic N) is 4. The fourth-order valence-electron chi connectivity index (χ4n) is 5.19. The standard InChI is InChI=1S/C25H33F2N3O.C6H8N2O2/c1-17-12-15-28-16-21(17)22(23(31)29-19-10-13-25(26,27)14-11-19)30(5)20-8-6-18(7-9-20)24(2,3)4;7-4-8-2-6(10)1-5(8)3-9/h6-9,12,15-16,19,22H,10-11,13-14H2,1-5H3,(H,29,31);3,5-6,10H,1-2H2. The average molecular weight is 570 g/mol. The largest absolute Gasteiger partial charge is 0.391 e. The van der Waals surface area contributed by atoms with Crippen LogP contribution in [0.3, 0.4) is 0 Å². The Morgan fingerprint density at radius 1 is 1.24 bits per heavy atom. The minimum atomic E-state index is -2.62. The van der Waals surface area contributed by atoms with E-state index in [0.717, 1.165) is 16.8 Å². The molecule has 1 aromatic carbocycles. The summed E-state index contributed by atoms with van der Waals surface area (Å²) < 4.78 is 27.1. The number of aliphatic hydroxyl groups is 1. The first-order valence-electron chi connectivity index (χ1n) is 14.0. The molecule has 10 heteroatoms. The van der Waals surface area contributed by atoms with Crippen molar-refractivity contribution >= 4 is 17.9 Å². The predicted octanol–water partition coefficient (Wildman–Crippen LogP) is 4.66. The molecule has 1 aliphatic heterocycles. The summed E-state index contributed by atoms with van der Waals surface area (Å²) in [6.45, 7) is 8.73. The van der Waals surface area contributed by atoms with Gasteiger partial charge in [0.2, 0.25) is 11.8 Å². The van der Waals surface area contributed by atoms with Gasteiger partial charge < -0.3 is 20.1 Å². The van der Waals surface area contributed by atoms with Crippen molar-refractivity contribution < 1.29 is 23.5 Å². The Balaban J connectivity index is 0.000000389. The molecule has 1 saturated carbocycles. The normalized spacial score (nSPS) is 21.2. The van der Waals surface area contributed by atoms with Gasteiger partial charge in [0.25, 0.3) is 0 Å². The molecule has 2 N–H and O–H groups in total. The second-order valence-electron chi connectivity index (χ2n) is 12.0. The number of likely N-dealkylation sites (tertiary alicyclic amines) is 1. The molecule has 2 aromatic rings. The van der Waals surface area contributed by atoms with Gasteiger partial charge in [0.15, 0.2) is 6.19 Å². The highest BCUT2D eigenvalue weighted by atomic mass is 19.3. The van der Waals surface area contributed by atoms with E-state index in [0.29, 0.717) is 32.1 Å². The third-order valence-corrected chi connectivity index (χ3v) is 7.82. The Morgan fingerprint density at radius 3 is 2.39 bits per heavy atom. The second kappa shape index (κ2) is 13.4. The number of aldehydes is 1. The molecule has 2 aliphatic rings. The number of carbonyl (C=O) groups is 2. The van der Waals surface area contributed by atoms with Crippen molar-refractivity contribution in [3.63, 3.8) is 0 Å². The van der Waals surface area contributed by atoms with Gasteiger partial charge in [-0.2, -0.15) is 5.26 Å². The van der Waals surface area contributed by atoms with E-state index in [1.54, 1.807) is 12.4 Å². The number of carbonyl (C=O) groups excluding carboxylic acids is 2. The number of anilines is 1. The summed E-state index contributed by atoms with van der Waals surface area (Å²) in [5.74, 6) is -2.81. The molecular weight excluding hydrogens is 528 g/mol. The number of nitriles is 1. The minimum Gasteiger partial charge on any atom is -0.391 e. The lowest BCUT2D eigenvalue weighted by atomic mass is 9.87. The molecule has 1 amide bonds. The molecule has 1 saturated heterocycles. The van der Waals surface area contributed by atoms with E-state index in [9.17, 15) is 18.4 Å². The van der Waals surface area contributed by atoms with Crippen LogP contribution in [0.15, 0.2) is 42.7 Å². The number of rotatable bonds is 6. The maximum Gasteiger partial charge on any atom is 0.248 e. The molecule has 8 nitrogen and oxygen atoms in total. The SMILES string of the molecule is Cc1ccncc1C(C(=O)NC1CCC(F)(F)CC1)N(C)c1ccc(C(C)(C)C)cc1.N#CN1CC(O)CC1C=O. The van der Waals surface area contributed by atoms with Crippen LogP contribution in [-0.2, 0) is 15.0 Å². The van der Waals surface area contributed by atoms with Gasteiger partial charge in [-0.15, -0.1) is 0 Å². The number of β-amino-alcohol motifs (C(OH)–C–C–N with tert-alkyl or cyclic N) is 1. The summed E-state index contributed by atoms with van der Waals surface area (Å²) in [4.78, 5) is 31.1. The molecule has 41 heavy (non-hydrogen) atoms. The zero-order chi connectivity index (χ0) is 30.4. The maximum absolute atomic E-state index is 13.5. The quantitative estimate of drug-likeness (QED) is 0.385. The molecule has 0 radical (unpaired) electrons. The number of hydrogen-bond acceptors (Lipinski definition) is 7. The lowest BCUT2D eigenvalue weighted by Gasteiger charge is -2.34. The average Bonchev–Trinajstić information content (AvgIpc) is 3.31. The van der Waals surface area contributed by atoms with E-state index in [4.69, 9.17) is 10.4 Å². The Labute approximate surface area is 241 Å². The zero-order valence-electron chi connectivity index (χ0n) is 24.5. The molecule has 0 spiro atoms.